The first kappa shape index (κ1) is 12.9. The summed E-state index contributed by atoms with van der Waals surface area (Å²) in [6.45, 7) is 2.63. The van der Waals surface area contributed by atoms with Gasteiger partial charge in [0.1, 0.15) is 0 Å². The average molecular weight is 247 g/mol. The molecular formula is C14H21N3O. The molecular weight excluding hydrogens is 226 g/mol. The molecule has 0 aromatic heterocycles. The molecule has 4 nitrogen and oxygen atoms in total. The minimum atomic E-state index is -0.125. The van der Waals surface area contributed by atoms with E-state index in [0.29, 0.717) is 6.54 Å². The summed E-state index contributed by atoms with van der Waals surface area (Å²) in [6, 6.07) is 7.47. The van der Waals surface area contributed by atoms with E-state index >= 15 is 0 Å². The number of carbonyl (C=O) groups is 1. The lowest BCUT2D eigenvalue weighted by Crippen LogP contribution is -2.45. The van der Waals surface area contributed by atoms with Gasteiger partial charge in [0.2, 0.25) is 0 Å². The van der Waals surface area contributed by atoms with Gasteiger partial charge in [0.25, 0.3) is 0 Å². The van der Waals surface area contributed by atoms with E-state index in [0.717, 1.165) is 24.1 Å². The van der Waals surface area contributed by atoms with Gasteiger partial charge >= 0.3 is 6.03 Å². The van der Waals surface area contributed by atoms with Crippen molar-refractivity contribution < 1.29 is 4.79 Å². The van der Waals surface area contributed by atoms with Crippen molar-refractivity contribution in [3.8, 4) is 0 Å². The monoisotopic (exact) mass is 247 g/mol. The zero-order chi connectivity index (χ0) is 13.0. The molecule has 2 rings (SSSR count). The minimum absolute atomic E-state index is 0.0404. The van der Waals surface area contributed by atoms with Gasteiger partial charge in [-0.3, -0.25) is 0 Å². The van der Waals surface area contributed by atoms with E-state index in [1.54, 1.807) is 0 Å². The molecule has 2 amide bonds. The molecule has 1 fully saturated rings. The average Bonchev–Trinajstić information content (AvgIpc) is 2.76. The maximum absolute atomic E-state index is 11.9. The Kier molecular flexibility index (Phi) is 3.87. The highest BCUT2D eigenvalue weighted by Gasteiger charge is 2.29. The van der Waals surface area contributed by atoms with Gasteiger partial charge in [-0.25, -0.2) is 4.79 Å². The Morgan fingerprint density at radius 3 is 2.44 bits per heavy atom. The Morgan fingerprint density at radius 2 is 1.89 bits per heavy atom. The number of amides is 2. The molecule has 1 aromatic carbocycles. The molecule has 0 atom stereocenters. The van der Waals surface area contributed by atoms with Gasteiger partial charge in [-0.15, -0.1) is 0 Å². The molecule has 98 valence electrons. The summed E-state index contributed by atoms with van der Waals surface area (Å²) in [5.41, 5.74) is 7.34. The highest BCUT2D eigenvalue weighted by atomic mass is 16.2. The van der Waals surface area contributed by atoms with Gasteiger partial charge < -0.3 is 16.4 Å². The van der Waals surface area contributed by atoms with Crippen molar-refractivity contribution in [2.45, 2.75) is 44.7 Å². The normalized spacial score (nSPS) is 17.4. The first-order valence-corrected chi connectivity index (χ1v) is 6.49. The van der Waals surface area contributed by atoms with Crippen LogP contribution in [0.25, 0.3) is 0 Å². The fourth-order valence-electron chi connectivity index (χ4n) is 2.44. The number of rotatable bonds is 3. The van der Waals surface area contributed by atoms with Crippen LogP contribution in [0.3, 0.4) is 0 Å². The van der Waals surface area contributed by atoms with E-state index in [4.69, 9.17) is 5.73 Å². The molecule has 4 heteroatoms. The van der Waals surface area contributed by atoms with Gasteiger partial charge in [-0.2, -0.15) is 0 Å². The fourth-order valence-corrected chi connectivity index (χ4v) is 2.44. The molecule has 0 saturated heterocycles. The molecule has 18 heavy (non-hydrogen) atoms. The third-order valence-electron chi connectivity index (χ3n) is 3.57. The predicted molar refractivity (Wildman–Crippen MR) is 73.4 cm³/mol. The number of urea groups is 1. The van der Waals surface area contributed by atoms with Crippen molar-refractivity contribution in [1.82, 2.24) is 5.32 Å². The van der Waals surface area contributed by atoms with E-state index in [1.165, 1.54) is 12.8 Å². The molecule has 0 bridgehead atoms. The van der Waals surface area contributed by atoms with E-state index in [9.17, 15) is 4.79 Å². The topological polar surface area (TPSA) is 67.2 Å². The Hall–Kier alpha value is -1.55. The summed E-state index contributed by atoms with van der Waals surface area (Å²) < 4.78 is 0. The smallest absolute Gasteiger partial charge is 0.319 e. The van der Waals surface area contributed by atoms with Gasteiger partial charge in [0.05, 0.1) is 0 Å². The summed E-state index contributed by atoms with van der Waals surface area (Å²) in [5.74, 6) is 0. The second-order valence-corrected chi connectivity index (χ2v) is 5.25. The summed E-state index contributed by atoms with van der Waals surface area (Å²) >= 11 is 0. The van der Waals surface area contributed by atoms with Crippen molar-refractivity contribution in [2.75, 3.05) is 5.32 Å². The second kappa shape index (κ2) is 5.40. The van der Waals surface area contributed by atoms with Crippen LogP contribution in [-0.4, -0.2) is 11.6 Å². The number of nitrogens with two attached hydrogens (primary N) is 1. The van der Waals surface area contributed by atoms with Crippen molar-refractivity contribution in [1.29, 1.82) is 0 Å². The Balaban J connectivity index is 1.90. The third kappa shape index (κ3) is 3.23. The number of hydrogen-bond acceptors (Lipinski definition) is 2. The number of carbonyl (C=O) groups excluding carboxylic acids is 1. The van der Waals surface area contributed by atoms with Crippen molar-refractivity contribution in [3.63, 3.8) is 0 Å². The lowest BCUT2D eigenvalue weighted by atomic mass is 10.0. The van der Waals surface area contributed by atoms with Crippen LogP contribution in [0.1, 0.15) is 38.2 Å². The maximum atomic E-state index is 11.9. The molecule has 1 aromatic rings. The van der Waals surface area contributed by atoms with E-state index in [-0.39, 0.29) is 11.6 Å². The Bertz CT molecular complexity index is 408. The molecule has 0 spiro atoms. The largest absolute Gasteiger partial charge is 0.333 e. The SMILES string of the molecule is CC1(NC(=O)Nc2ccc(CN)cc2)CCCC1. The van der Waals surface area contributed by atoms with Gasteiger partial charge in [0.15, 0.2) is 0 Å². The standard InChI is InChI=1S/C14H21N3O/c1-14(8-2-3-9-14)17-13(18)16-12-6-4-11(10-15)5-7-12/h4-7H,2-3,8-10,15H2,1H3,(H2,16,17,18). The summed E-state index contributed by atoms with van der Waals surface area (Å²) in [6.07, 6.45) is 4.52. The molecule has 4 N–H and O–H groups in total. The number of nitrogens with one attached hydrogen (secondary N) is 2. The summed E-state index contributed by atoms with van der Waals surface area (Å²) in [7, 11) is 0. The van der Waals surface area contributed by atoms with Gasteiger partial charge in [0, 0.05) is 17.8 Å². The molecule has 0 heterocycles. The first-order chi connectivity index (χ1) is 8.61. The Labute approximate surface area is 108 Å². The fraction of sp³-hybridized carbons (Fsp3) is 0.500. The molecule has 1 aliphatic rings. The number of hydrogen-bond donors (Lipinski definition) is 3. The van der Waals surface area contributed by atoms with Gasteiger partial charge in [-0.1, -0.05) is 25.0 Å². The first-order valence-electron chi connectivity index (χ1n) is 6.49. The van der Waals surface area contributed by atoms with Crippen molar-refractivity contribution >= 4 is 11.7 Å². The predicted octanol–water partition coefficient (Wildman–Crippen LogP) is 2.60. The molecule has 0 aliphatic heterocycles. The molecule has 1 saturated carbocycles. The van der Waals surface area contributed by atoms with Crippen LogP contribution >= 0.6 is 0 Å². The Morgan fingerprint density at radius 1 is 1.28 bits per heavy atom. The quantitative estimate of drug-likeness (QED) is 0.768. The minimum Gasteiger partial charge on any atom is -0.333 e. The third-order valence-corrected chi connectivity index (χ3v) is 3.57. The zero-order valence-corrected chi connectivity index (χ0v) is 10.8. The molecule has 0 unspecified atom stereocenters. The van der Waals surface area contributed by atoms with Crippen LogP contribution in [-0.2, 0) is 6.54 Å². The van der Waals surface area contributed by atoms with Crippen LogP contribution in [0.15, 0.2) is 24.3 Å². The number of benzene rings is 1. The molecule has 1 aliphatic carbocycles. The van der Waals surface area contributed by atoms with E-state index in [2.05, 4.69) is 17.6 Å². The lowest BCUT2D eigenvalue weighted by Gasteiger charge is -2.25. The van der Waals surface area contributed by atoms with Crippen LogP contribution in [0, 0.1) is 0 Å². The summed E-state index contributed by atoms with van der Waals surface area (Å²) in [4.78, 5) is 11.9. The zero-order valence-electron chi connectivity index (χ0n) is 10.8. The van der Waals surface area contributed by atoms with E-state index < -0.39 is 0 Å². The van der Waals surface area contributed by atoms with Gasteiger partial charge in [-0.05, 0) is 37.5 Å². The second-order valence-electron chi connectivity index (χ2n) is 5.25. The van der Waals surface area contributed by atoms with Crippen molar-refractivity contribution in [2.24, 2.45) is 5.73 Å². The van der Waals surface area contributed by atoms with Crippen LogP contribution in [0.4, 0.5) is 10.5 Å². The van der Waals surface area contributed by atoms with Crippen molar-refractivity contribution in [3.05, 3.63) is 29.8 Å². The van der Waals surface area contributed by atoms with Crippen LogP contribution in [0.2, 0.25) is 0 Å². The number of anilines is 1. The highest BCUT2D eigenvalue weighted by Crippen LogP contribution is 2.28. The summed E-state index contributed by atoms with van der Waals surface area (Å²) in [5, 5.41) is 5.91. The van der Waals surface area contributed by atoms with Crippen LogP contribution in [0.5, 0.6) is 0 Å². The maximum Gasteiger partial charge on any atom is 0.319 e. The van der Waals surface area contributed by atoms with Crippen LogP contribution < -0.4 is 16.4 Å². The molecule has 0 radical (unpaired) electrons. The van der Waals surface area contributed by atoms with E-state index in [1.807, 2.05) is 24.3 Å². The lowest BCUT2D eigenvalue weighted by molar-refractivity contribution is 0.239. The highest BCUT2D eigenvalue weighted by molar-refractivity contribution is 5.89.